The van der Waals surface area contributed by atoms with Gasteiger partial charge in [0.1, 0.15) is 19.8 Å². The average molecular weight is 1050 g/mol. The number of hydrogen-bond donors (Lipinski definition) is 0. The zero-order valence-corrected chi connectivity index (χ0v) is 48.9. The largest absolute Gasteiger partial charge is 0.756 e. The van der Waals surface area contributed by atoms with E-state index in [1.165, 1.54) is 83.5 Å². The average Bonchev–Trinajstić information content (AvgIpc) is 3.36. The predicted octanol–water partition coefficient (Wildman–Crippen LogP) is 18.0. The smallest absolute Gasteiger partial charge is 0.306 e. The van der Waals surface area contributed by atoms with Gasteiger partial charge in [0.15, 0.2) is 6.10 Å². The van der Waals surface area contributed by atoms with E-state index in [-0.39, 0.29) is 26.1 Å². The standard InChI is InChI=1S/C64H110NO8P/c1-6-8-10-12-14-16-18-20-22-23-24-25-26-27-28-29-30-31-32-33-34-35-36-37-38-39-40-41-43-45-47-49-51-53-55-57-64(67)73-62(61-72-74(68,69)71-59-58-65(3,4)5)60-70-63(66)56-54-52-50-48-46-44-42-21-19-17-15-13-11-9-7-2/h8,10,14,16,20-22,24-25,27-28,30-31,33-34,36-37,42,62H,6-7,9,11-13,15,17-19,23,26,29,32,35,38-41,43-61H2,1-5H3/b10-8-,16-14-,22-20-,25-24-,28-27-,31-30-,34-33-,37-36-,42-21-. The Hall–Kier alpha value is -3.33. The molecule has 0 radical (unpaired) electrons. The molecule has 0 saturated heterocycles. The fourth-order valence-electron chi connectivity index (χ4n) is 7.72. The number of esters is 2. The molecule has 9 nitrogen and oxygen atoms in total. The number of hydrogen-bond acceptors (Lipinski definition) is 8. The fourth-order valence-corrected chi connectivity index (χ4v) is 8.45. The zero-order valence-electron chi connectivity index (χ0n) is 48.0. The number of nitrogens with zero attached hydrogens (tertiary/aromatic N) is 1. The third-order valence-corrected chi connectivity index (χ3v) is 13.2. The third kappa shape index (κ3) is 57.9. The highest BCUT2D eigenvalue weighted by atomic mass is 31.2. The van der Waals surface area contributed by atoms with Gasteiger partial charge in [-0.1, -0.05) is 226 Å². The topological polar surface area (TPSA) is 111 Å². The molecule has 0 aliphatic rings. The number of rotatable bonds is 53. The van der Waals surface area contributed by atoms with Crippen molar-refractivity contribution in [2.45, 2.75) is 238 Å². The lowest BCUT2D eigenvalue weighted by atomic mass is 10.0. The van der Waals surface area contributed by atoms with Gasteiger partial charge in [0, 0.05) is 12.8 Å². The van der Waals surface area contributed by atoms with Crippen LogP contribution in [0.5, 0.6) is 0 Å². The minimum Gasteiger partial charge on any atom is -0.756 e. The maximum atomic E-state index is 12.8. The van der Waals surface area contributed by atoms with E-state index >= 15 is 0 Å². The van der Waals surface area contributed by atoms with Gasteiger partial charge in [-0.05, 0) is 103 Å². The van der Waals surface area contributed by atoms with Gasteiger partial charge in [-0.25, -0.2) is 0 Å². The molecule has 424 valence electrons. The second-order valence-electron chi connectivity index (χ2n) is 20.6. The second-order valence-corrected chi connectivity index (χ2v) is 22.0. The quantitative estimate of drug-likeness (QED) is 0.0195. The first-order valence-electron chi connectivity index (χ1n) is 29.6. The van der Waals surface area contributed by atoms with Gasteiger partial charge in [0.05, 0.1) is 27.7 Å². The number of likely N-dealkylation sites (N-methyl/N-ethyl adjacent to an activating group) is 1. The van der Waals surface area contributed by atoms with Gasteiger partial charge < -0.3 is 27.9 Å². The normalized spacial score (nSPS) is 14.1. The number of allylic oxidation sites excluding steroid dienone is 18. The van der Waals surface area contributed by atoms with Gasteiger partial charge in [-0.15, -0.1) is 0 Å². The molecule has 0 heterocycles. The van der Waals surface area contributed by atoms with E-state index in [0.717, 1.165) is 109 Å². The molecule has 0 aliphatic heterocycles. The Morgan fingerprint density at radius 3 is 1.16 bits per heavy atom. The number of quaternary nitrogens is 1. The molecule has 0 aliphatic carbocycles. The zero-order chi connectivity index (χ0) is 54.2. The summed E-state index contributed by atoms with van der Waals surface area (Å²) in [7, 11) is 1.15. The van der Waals surface area contributed by atoms with Crippen molar-refractivity contribution in [2.75, 3.05) is 47.5 Å². The first-order chi connectivity index (χ1) is 36.0. The molecule has 0 rings (SSSR count). The lowest BCUT2D eigenvalue weighted by molar-refractivity contribution is -0.870. The highest BCUT2D eigenvalue weighted by molar-refractivity contribution is 7.45. The number of ether oxygens (including phenoxy) is 2. The minimum atomic E-state index is -4.64. The van der Waals surface area contributed by atoms with Crippen molar-refractivity contribution in [3.05, 3.63) is 109 Å². The summed E-state index contributed by atoms with van der Waals surface area (Å²) in [6, 6.07) is 0. The highest BCUT2D eigenvalue weighted by Gasteiger charge is 2.21. The first-order valence-corrected chi connectivity index (χ1v) is 31.1. The molecule has 74 heavy (non-hydrogen) atoms. The molecule has 0 aromatic carbocycles. The summed E-state index contributed by atoms with van der Waals surface area (Å²) in [6.07, 6.45) is 75.6. The molecular formula is C64H110NO8P. The van der Waals surface area contributed by atoms with Crippen LogP contribution >= 0.6 is 7.82 Å². The SMILES string of the molecule is CC/C=C\C/C=C\C/C=C\C/C=C\C/C=C\C/C=C\C/C=C\C/C=C\CCCCCCCCCCCCC(=O)OC(COC(=O)CCCCCCC/C=C\CCCCCCCC)COP(=O)([O-])OCC[N+](C)(C)C. The van der Waals surface area contributed by atoms with Crippen LogP contribution in [0.1, 0.15) is 232 Å². The maximum absolute atomic E-state index is 12.8. The van der Waals surface area contributed by atoms with Crippen molar-refractivity contribution in [2.24, 2.45) is 0 Å². The Balaban J connectivity index is 4.14. The summed E-state index contributed by atoms with van der Waals surface area (Å²) in [6.45, 7) is 4.10. The molecule has 0 amide bonds. The van der Waals surface area contributed by atoms with Crippen LogP contribution in [-0.2, 0) is 32.7 Å². The Morgan fingerprint density at radius 1 is 0.432 bits per heavy atom. The molecule has 0 N–H and O–H groups in total. The van der Waals surface area contributed by atoms with Gasteiger partial charge in [0.2, 0.25) is 0 Å². The molecule has 0 saturated carbocycles. The molecule has 0 fully saturated rings. The Morgan fingerprint density at radius 2 is 0.770 bits per heavy atom. The summed E-state index contributed by atoms with van der Waals surface area (Å²) in [5, 5.41) is 0. The molecular weight excluding hydrogens is 942 g/mol. The third-order valence-electron chi connectivity index (χ3n) is 12.3. The summed E-state index contributed by atoms with van der Waals surface area (Å²) in [5.41, 5.74) is 0. The first kappa shape index (κ1) is 70.7. The maximum Gasteiger partial charge on any atom is 0.306 e. The van der Waals surface area contributed by atoms with Crippen molar-refractivity contribution in [1.29, 1.82) is 0 Å². The summed E-state index contributed by atoms with van der Waals surface area (Å²) in [4.78, 5) is 37.8. The van der Waals surface area contributed by atoms with Crippen LogP contribution in [0.4, 0.5) is 0 Å². The molecule has 2 unspecified atom stereocenters. The molecule has 0 bridgehead atoms. The van der Waals surface area contributed by atoms with Crippen molar-refractivity contribution < 1.29 is 42.1 Å². The Bertz CT molecular complexity index is 1620. The predicted molar refractivity (Wildman–Crippen MR) is 314 cm³/mol. The second kappa shape index (κ2) is 54.5. The molecule has 2 atom stereocenters. The van der Waals surface area contributed by atoms with E-state index in [9.17, 15) is 19.0 Å². The molecule has 0 spiro atoms. The lowest BCUT2D eigenvalue weighted by Crippen LogP contribution is -2.37. The van der Waals surface area contributed by atoms with E-state index in [1.54, 1.807) is 0 Å². The van der Waals surface area contributed by atoms with Crippen LogP contribution in [0, 0.1) is 0 Å². The molecule has 10 heteroatoms. The van der Waals surface area contributed by atoms with Crippen molar-refractivity contribution >= 4 is 19.8 Å². The van der Waals surface area contributed by atoms with Gasteiger partial charge in [0.25, 0.3) is 7.82 Å². The Kier molecular flexibility index (Phi) is 52.0. The minimum absolute atomic E-state index is 0.0374. The van der Waals surface area contributed by atoms with Crippen LogP contribution in [-0.4, -0.2) is 70.0 Å². The van der Waals surface area contributed by atoms with E-state index in [1.807, 2.05) is 21.1 Å². The number of unbranched alkanes of at least 4 members (excludes halogenated alkanes) is 21. The number of carbonyl (C=O) groups is 2. The van der Waals surface area contributed by atoms with Gasteiger partial charge >= 0.3 is 11.9 Å². The van der Waals surface area contributed by atoms with E-state index in [0.29, 0.717) is 23.9 Å². The molecule has 0 aromatic rings. The lowest BCUT2D eigenvalue weighted by Gasteiger charge is -2.28. The van der Waals surface area contributed by atoms with Gasteiger partial charge in [-0.3, -0.25) is 14.2 Å². The molecule has 0 aromatic heterocycles. The van der Waals surface area contributed by atoms with Crippen LogP contribution in [0.3, 0.4) is 0 Å². The number of phosphoric acid groups is 1. The summed E-state index contributed by atoms with van der Waals surface area (Å²) >= 11 is 0. The van der Waals surface area contributed by atoms with Crippen LogP contribution in [0.15, 0.2) is 109 Å². The summed E-state index contributed by atoms with van der Waals surface area (Å²) < 4.78 is 34.1. The van der Waals surface area contributed by atoms with E-state index < -0.39 is 32.5 Å². The van der Waals surface area contributed by atoms with Crippen molar-refractivity contribution in [1.82, 2.24) is 0 Å². The van der Waals surface area contributed by atoms with E-state index in [2.05, 4.69) is 123 Å². The van der Waals surface area contributed by atoms with E-state index in [4.69, 9.17) is 18.5 Å². The number of phosphoric ester groups is 1. The van der Waals surface area contributed by atoms with Crippen LogP contribution in [0.25, 0.3) is 0 Å². The fraction of sp³-hybridized carbons (Fsp3) is 0.688. The van der Waals surface area contributed by atoms with Crippen LogP contribution in [0.2, 0.25) is 0 Å². The van der Waals surface area contributed by atoms with Gasteiger partial charge in [-0.2, -0.15) is 0 Å². The van der Waals surface area contributed by atoms with Crippen LogP contribution < -0.4 is 4.89 Å². The monoisotopic (exact) mass is 1050 g/mol. The highest BCUT2D eigenvalue weighted by Crippen LogP contribution is 2.38. The number of carbonyl (C=O) groups excluding carboxylic acids is 2. The van der Waals surface area contributed by atoms with Crippen molar-refractivity contribution in [3.63, 3.8) is 0 Å². The summed E-state index contributed by atoms with van der Waals surface area (Å²) in [5.74, 6) is -0.852. The Labute approximate surface area is 455 Å². The van der Waals surface area contributed by atoms with Crippen molar-refractivity contribution in [3.8, 4) is 0 Å².